The molecule has 1 unspecified atom stereocenters. The van der Waals surface area contributed by atoms with Gasteiger partial charge in [0.2, 0.25) is 0 Å². The normalized spacial score (nSPS) is 23.7. The third kappa shape index (κ3) is 7.45. The molecular weight excluding hydrogens is 143 g/mol. The SMILES string of the molecule is CC.OC1[CH-]COC1.[K+]. The van der Waals surface area contributed by atoms with E-state index in [1.807, 2.05) is 13.8 Å². The van der Waals surface area contributed by atoms with Crippen LogP contribution < -0.4 is 51.4 Å². The fourth-order valence-electron chi connectivity index (χ4n) is 0.436. The van der Waals surface area contributed by atoms with Crippen molar-refractivity contribution in [1.82, 2.24) is 0 Å². The van der Waals surface area contributed by atoms with E-state index in [0.29, 0.717) is 13.2 Å². The summed E-state index contributed by atoms with van der Waals surface area (Å²) in [7, 11) is 0. The predicted octanol–water partition coefficient (Wildman–Crippen LogP) is -2.39. The molecule has 1 rings (SSSR count). The summed E-state index contributed by atoms with van der Waals surface area (Å²) in [5.74, 6) is 0. The van der Waals surface area contributed by atoms with Gasteiger partial charge in [-0.05, 0) is 6.10 Å². The fourth-order valence-corrected chi connectivity index (χ4v) is 0.436. The molecule has 0 aromatic carbocycles. The molecule has 1 fully saturated rings. The molecule has 1 atom stereocenters. The molecular formula is C6H13KO2. The van der Waals surface area contributed by atoms with Gasteiger partial charge in [0.25, 0.3) is 0 Å². The van der Waals surface area contributed by atoms with Crippen LogP contribution in [0, 0.1) is 6.42 Å². The summed E-state index contributed by atoms with van der Waals surface area (Å²) in [4.78, 5) is 0. The molecule has 1 aliphatic heterocycles. The van der Waals surface area contributed by atoms with Gasteiger partial charge in [-0.25, -0.2) is 0 Å². The maximum absolute atomic E-state index is 8.55. The van der Waals surface area contributed by atoms with Gasteiger partial charge in [-0.15, -0.1) is 0 Å². The van der Waals surface area contributed by atoms with Crippen LogP contribution in [0.4, 0.5) is 0 Å². The number of aliphatic hydroxyl groups is 1. The van der Waals surface area contributed by atoms with Gasteiger partial charge in [0, 0.05) is 6.61 Å². The van der Waals surface area contributed by atoms with Gasteiger partial charge < -0.3 is 9.84 Å². The number of rotatable bonds is 0. The molecule has 0 aliphatic carbocycles. The molecule has 2 nitrogen and oxygen atoms in total. The van der Waals surface area contributed by atoms with Crippen molar-refractivity contribution < 1.29 is 61.2 Å². The zero-order chi connectivity index (χ0) is 6.41. The Kier molecular flexibility index (Phi) is 14.0. The molecule has 0 spiro atoms. The minimum atomic E-state index is -0.301. The van der Waals surface area contributed by atoms with Crippen molar-refractivity contribution in [2.24, 2.45) is 0 Å². The second-order valence-electron chi connectivity index (χ2n) is 1.34. The van der Waals surface area contributed by atoms with Gasteiger partial charge in [0.1, 0.15) is 0 Å². The standard InChI is InChI=1S/C4H7O2.C2H6.K/c5-4-1-2-6-3-4;1-2;/h1,4-5H,2-3H2;1-2H3;/q-1;;+1. The van der Waals surface area contributed by atoms with E-state index in [-0.39, 0.29) is 57.5 Å². The first-order chi connectivity index (χ1) is 3.89. The Morgan fingerprint density at radius 1 is 1.56 bits per heavy atom. The third-order valence-electron chi connectivity index (χ3n) is 0.775. The molecule has 1 saturated heterocycles. The average Bonchev–Trinajstić information content (AvgIpc) is 2.24. The van der Waals surface area contributed by atoms with Crippen LogP contribution >= 0.6 is 0 Å². The average molecular weight is 156 g/mol. The molecule has 0 bridgehead atoms. The maximum atomic E-state index is 8.55. The molecule has 1 heterocycles. The van der Waals surface area contributed by atoms with Crippen molar-refractivity contribution in [3.8, 4) is 0 Å². The summed E-state index contributed by atoms with van der Waals surface area (Å²) < 4.78 is 4.75. The van der Waals surface area contributed by atoms with E-state index in [1.165, 1.54) is 0 Å². The van der Waals surface area contributed by atoms with E-state index >= 15 is 0 Å². The number of ether oxygens (including phenoxy) is 1. The minimum absolute atomic E-state index is 0. The number of hydrogen-bond donors (Lipinski definition) is 1. The molecule has 50 valence electrons. The smallest absolute Gasteiger partial charge is 0.423 e. The second-order valence-corrected chi connectivity index (χ2v) is 1.34. The first-order valence-corrected chi connectivity index (χ1v) is 2.99. The van der Waals surface area contributed by atoms with Crippen molar-refractivity contribution in [3.05, 3.63) is 6.42 Å². The summed E-state index contributed by atoms with van der Waals surface area (Å²) in [6, 6.07) is 0. The third-order valence-corrected chi connectivity index (χ3v) is 0.775. The molecule has 1 aliphatic rings. The molecule has 0 radical (unpaired) electrons. The van der Waals surface area contributed by atoms with Crippen LogP contribution in [0.15, 0.2) is 0 Å². The van der Waals surface area contributed by atoms with Crippen molar-refractivity contribution in [2.75, 3.05) is 13.2 Å². The minimum Gasteiger partial charge on any atom is -0.423 e. The van der Waals surface area contributed by atoms with Crippen molar-refractivity contribution in [2.45, 2.75) is 20.0 Å². The first-order valence-electron chi connectivity index (χ1n) is 2.99. The number of hydrogen-bond acceptors (Lipinski definition) is 2. The topological polar surface area (TPSA) is 29.5 Å². The molecule has 0 amide bonds. The fraction of sp³-hybridized carbons (Fsp3) is 0.833. The Labute approximate surface area is 99.4 Å². The summed E-state index contributed by atoms with van der Waals surface area (Å²) in [5, 5.41) is 8.55. The van der Waals surface area contributed by atoms with Crippen LogP contribution in [0.2, 0.25) is 0 Å². The summed E-state index contributed by atoms with van der Waals surface area (Å²) in [5.41, 5.74) is 0. The maximum Gasteiger partial charge on any atom is 1.00 e. The van der Waals surface area contributed by atoms with E-state index in [9.17, 15) is 0 Å². The van der Waals surface area contributed by atoms with Crippen LogP contribution in [-0.2, 0) is 4.74 Å². The molecule has 0 aromatic heterocycles. The van der Waals surface area contributed by atoms with Gasteiger partial charge in [0.15, 0.2) is 0 Å². The monoisotopic (exact) mass is 156 g/mol. The largest absolute Gasteiger partial charge is 1.00 e. The summed E-state index contributed by atoms with van der Waals surface area (Å²) >= 11 is 0. The zero-order valence-electron chi connectivity index (χ0n) is 6.42. The van der Waals surface area contributed by atoms with Gasteiger partial charge in [0.05, 0.1) is 0 Å². The van der Waals surface area contributed by atoms with E-state index in [2.05, 4.69) is 0 Å². The van der Waals surface area contributed by atoms with E-state index < -0.39 is 0 Å². The van der Waals surface area contributed by atoms with Crippen molar-refractivity contribution >= 4 is 0 Å². The summed E-state index contributed by atoms with van der Waals surface area (Å²) in [6.07, 6.45) is 1.44. The number of aliphatic hydroxyl groups excluding tert-OH is 1. The Balaban J connectivity index is 0. The van der Waals surface area contributed by atoms with E-state index in [0.717, 1.165) is 0 Å². The quantitative estimate of drug-likeness (QED) is 0.313. The molecule has 9 heavy (non-hydrogen) atoms. The van der Waals surface area contributed by atoms with Crippen molar-refractivity contribution in [3.63, 3.8) is 0 Å². The van der Waals surface area contributed by atoms with Gasteiger partial charge in [-0.2, -0.15) is 0 Å². The Bertz CT molecular complexity index is 44.3. The van der Waals surface area contributed by atoms with Crippen LogP contribution in [-0.4, -0.2) is 24.4 Å². The Morgan fingerprint density at radius 3 is 2.22 bits per heavy atom. The van der Waals surface area contributed by atoms with Crippen LogP contribution in [0.25, 0.3) is 0 Å². The predicted molar refractivity (Wildman–Crippen MR) is 32.5 cm³/mol. The van der Waals surface area contributed by atoms with E-state index in [1.54, 1.807) is 6.42 Å². The first kappa shape index (κ1) is 13.2. The Morgan fingerprint density at radius 2 is 2.11 bits per heavy atom. The molecule has 1 N–H and O–H groups in total. The van der Waals surface area contributed by atoms with Crippen molar-refractivity contribution in [1.29, 1.82) is 0 Å². The van der Waals surface area contributed by atoms with E-state index in [4.69, 9.17) is 9.84 Å². The van der Waals surface area contributed by atoms with Crippen LogP contribution in [0.5, 0.6) is 0 Å². The summed E-state index contributed by atoms with van der Waals surface area (Å²) in [6.45, 7) is 5.10. The Hall–Kier alpha value is 1.56. The molecule has 0 aromatic rings. The molecule has 3 heteroatoms. The van der Waals surface area contributed by atoms with Gasteiger partial charge in [-0.1, -0.05) is 20.5 Å². The van der Waals surface area contributed by atoms with Crippen LogP contribution in [0.1, 0.15) is 13.8 Å². The molecule has 0 saturated carbocycles. The van der Waals surface area contributed by atoms with Gasteiger partial charge in [-0.3, -0.25) is 6.42 Å². The van der Waals surface area contributed by atoms with Crippen LogP contribution in [0.3, 0.4) is 0 Å². The van der Waals surface area contributed by atoms with Gasteiger partial charge >= 0.3 is 51.4 Å². The zero-order valence-corrected chi connectivity index (χ0v) is 9.55. The second kappa shape index (κ2) is 9.56.